The van der Waals surface area contributed by atoms with Crippen LogP contribution in [0.2, 0.25) is 0 Å². The van der Waals surface area contributed by atoms with Gasteiger partial charge in [0.2, 0.25) is 0 Å². The van der Waals surface area contributed by atoms with Crippen molar-refractivity contribution in [2.45, 2.75) is 64.3 Å². The summed E-state index contributed by atoms with van der Waals surface area (Å²) in [6.45, 7) is 5.62. The molecule has 3 nitrogen and oxygen atoms in total. The molecule has 0 bridgehead atoms. The highest BCUT2D eigenvalue weighted by molar-refractivity contribution is 5.09. The van der Waals surface area contributed by atoms with E-state index < -0.39 is 11.7 Å². The predicted octanol–water partition coefficient (Wildman–Crippen LogP) is 2.24. The van der Waals surface area contributed by atoms with Gasteiger partial charge >= 0.3 is 0 Å². The number of ether oxygens (including phenoxy) is 1. The highest BCUT2D eigenvalue weighted by atomic mass is 16.5. The average molecular weight is 211 g/mol. The average Bonchev–Trinajstić information content (AvgIpc) is 2.61. The number of rotatable bonds is 4. The number of nitriles is 1. The van der Waals surface area contributed by atoms with Gasteiger partial charge in [0.25, 0.3) is 0 Å². The van der Waals surface area contributed by atoms with Crippen LogP contribution in [-0.2, 0) is 4.74 Å². The van der Waals surface area contributed by atoms with Gasteiger partial charge in [-0.2, -0.15) is 5.26 Å². The smallest absolute Gasteiger partial charge is 0.157 e. The minimum Gasteiger partial charge on any atom is -0.391 e. The molecule has 0 heterocycles. The van der Waals surface area contributed by atoms with Crippen molar-refractivity contribution in [2.24, 2.45) is 5.92 Å². The molecule has 1 aliphatic carbocycles. The summed E-state index contributed by atoms with van der Waals surface area (Å²) in [4.78, 5) is 0. The van der Waals surface area contributed by atoms with Crippen molar-refractivity contribution < 1.29 is 9.84 Å². The first kappa shape index (κ1) is 12.5. The lowest BCUT2D eigenvalue weighted by molar-refractivity contribution is -0.112. The van der Waals surface area contributed by atoms with Crippen molar-refractivity contribution in [3.05, 3.63) is 0 Å². The summed E-state index contributed by atoms with van der Waals surface area (Å²) in [6, 6.07) is 2.33. The molecule has 0 aromatic carbocycles. The molecule has 0 aliphatic heterocycles. The van der Waals surface area contributed by atoms with Crippen molar-refractivity contribution in [1.82, 2.24) is 0 Å². The topological polar surface area (TPSA) is 53.2 Å². The first-order valence-electron chi connectivity index (χ1n) is 5.83. The molecule has 0 aromatic heterocycles. The van der Waals surface area contributed by atoms with Crippen LogP contribution in [0, 0.1) is 17.2 Å². The summed E-state index contributed by atoms with van der Waals surface area (Å²) in [5, 5.41) is 18.7. The van der Waals surface area contributed by atoms with E-state index in [1.54, 1.807) is 6.92 Å². The molecule has 0 spiro atoms. The number of aliphatic hydroxyl groups is 1. The fraction of sp³-hybridized carbons (Fsp3) is 0.917. The number of hydrogen-bond donors (Lipinski definition) is 1. The highest BCUT2D eigenvalue weighted by Gasteiger charge is 2.44. The van der Waals surface area contributed by atoms with Crippen molar-refractivity contribution in [2.75, 3.05) is 0 Å². The summed E-state index contributed by atoms with van der Waals surface area (Å²) in [5.74, 6) is 0.323. The summed E-state index contributed by atoms with van der Waals surface area (Å²) in [5.41, 5.74) is -0.648. The van der Waals surface area contributed by atoms with Crippen molar-refractivity contribution in [3.8, 4) is 6.07 Å². The normalized spacial score (nSPS) is 34.7. The Balaban J connectivity index is 2.73. The van der Waals surface area contributed by atoms with Crippen LogP contribution in [0.3, 0.4) is 0 Å². The molecule has 1 fully saturated rings. The Bertz CT molecular complexity index is 246. The molecule has 0 radical (unpaired) electrons. The second-order valence-corrected chi connectivity index (χ2v) is 4.56. The first-order chi connectivity index (χ1) is 7.05. The van der Waals surface area contributed by atoms with E-state index in [9.17, 15) is 10.4 Å². The Morgan fingerprint density at radius 3 is 2.73 bits per heavy atom. The van der Waals surface area contributed by atoms with Gasteiger partial charge in [0.1, 0.15) is 0 Å². The van der Waals surface area contributed by atoms with Crippen LogP contribution in [0.4, 0.5) is 0 Å². The standard InChI is InChI=1S/C12H21NO2/c1-4-11-6-5-7-12(11,8-13)15-10(3)9(2)14/h9-11,14H,4-7H2,1-3H3. The zero-order valence-corrected chi connectivity index (χ0v) is 9.86. The quantitative estimate of drug-likeness (QED) is 0.776. The third-order valence-corrected chi connectivity index (χ3v) is 3.52. The van der Waals surface area contributed by atoms with Crippen molar-refractivity contribution >= 4 is 0 Å². The Morgan fingerprint density at radius 2 is 2.27 bits per heavy atom. The van der Waals surface area contributed by atoms with Gasteiger partial charge in [-0.15, -0.1) is 0 Å². The summed E-state index contributed by atoms with van der Waals surface area (Å²) in [6.07, 6.45) is 3.11. The summed E-state index contributed by atoms with van der Waals surface area (Å²) in [7, 11) is 0. The van der Waals surface area contributed by atoms with E-state index in [0.29, 0.717) is 5.92 Å². The fourth-order valence-corrected chi connectivity index (χ4v) is 2.34. The SMILES string of the molecule is CCC1CCCC1(C#N)OC(C)C(C)O. The first-order valence-corrected chi connectivity index (χ1v) is 5.83. The van der Waals surface area contributed by atoms with E-state index in [-0.39, 0.29) is 6.10 Å². The molecular weight excluding hydrogens is 190 g/mol. The van der Waals surface area contributed by atoms with Crippen LogP contribution >= 0.6 is 0 Å². The molecule has 1 rings (SSSR count). The number of aliphatic hydroxyl groups excluding tert-OH is 1. The number of nitrogens with zero attached hydrogens (tertiary/aromatic N) is 1. The molecular formula is C12H21NO2. The maximum atomic E-state index is 9.42. The summed E-state index contributed by atoms with van der Waals surface area (Å²) >= 11 is 0. The monoisotopic (exact) mass is 211 g/mol. The highest BCUT2D eigenvalue weighted by Crippen LogP contribution is 2.41. The van der Waals surface area contributed by atoms with Crippen LogP contribution in [0.1, 0.15) is 46.5 Å². The van der Waals surface area contributed by atoms with Gasteiger partial charge in [-0.1, -0.05) is 6.92 Å². The van der Waals surface area contributed by atoms with Crippen LogP contribution in [-0.4, -0.2) is 22.9 Å². The van der Waals surface area contributed by atoms with Gasteiger partial charge in [-0.25, -0.2) is 0 Å². The summed E-state index contributed by atoms with van der Waals surface area (Å²) < 4.78 is 5.80. The molecule has 0 aromatic rings. The van der Waals surface area contributed by atoms with E-state index >= 15 is 0 Å². The second kappa shape index (κ2) is 4.96. The predicted molar refractivity (Wildman–Crippen MR) is 58.2 cm³/mol. The molecule has 1 saturated carbocycles. The molecule has 1 N–H and O–H groups in total. The Morgan fingerprint density at radius 1 is 1.60 bits per heavy atom. The molecule has 0 amide bonds. The minimum atomic E-state index is -0.648. The van der Waals surface area contributed by atoms with E-state index in [0.717, 1.165) is 25.7 Å². The Labute approximate surface area is 92.0 Å². The van der Waals surface area contributed by atoms with Crippen LogP contribution in [0.5, 0.6) is 0 Å². The van der Waals surface area contributed by atoms with E-state index in [2.05, 4.69) is 13.0 Å². The lowest BCUT2D eigenvalue weighted by Gasteiger charge is -2.32. The molecule has 1 aliphatic rings. The molecule has 4 atom stereocenters. The largest absolute Gasteiger partial charge is 0.391 e. The van der Waals surface area contributed by atoms with Gasteiger partial charge in [0.15, 0.2) is 5.60 Å². The molecule has 15 heavy (non-hydrogen) atoms. The molecule has 0 saturated heterocycles. The van der Waals surface area contributed by atoms with E-state index in [4.69, 9.17) is 4.74 Å². The molecule has 3 heteroatoms. The minimum absolute atomic E-state index is 0.267. The number of hydrogen-bond acceptors (Lipinski definition) is 3. The zero-order valence-electron chi connectivity index (χ0n) is 9.86. The van der Waals surface area contributed by atoms with Crippen LogP contribution < -0.4 is 0 Å². The van der Waals surface area contributed by atoms with Crippen molar-refractivity contribution in [3.63, 3.8) is 0 Å². The van der Waals surface area contributed by atoms with Gasteiger partial charge in [0, 0.05) is 5.92 Å². The lowest BCUT2D eigenvalue weighted by Crippen LogP contribution is -2.41. The zero-order chi connectivity index (χ0) is 11.5. The van der Waals surface area contributed by atoms with Crippen LogP contribution in [0.15, 0.2) is 0 Å². The van der Waals surface area contributed by atoms with Gasteiger partial charge < -0.3 is 9.84 Å². The maximum Gasteiger partial charge on any atom is 0.157 e. The van der Waals surface area contributed by atoms with Gasteiger partial charge in [-0.3, -0.25) is 0 Å². The molecule has 86 valence electrons. The van der Waals surface area contributed by atoms with Crippen LogP contribution in [0.25, 0.3) is 0 Å². The fourth-order valence-electron chi connectivity index (χ4n) is 2.34. The van der Waals surface area contributed by atoms with Gasteiger partial charge in [0.05, 0.1) is 18.3 Å². The molecule has 4 unspecified atom stereocenters. The van der Waals surface area contributed by atoms with E-state index in [1.807, 2.05) is 6.92 Å². The Kier molecular flexibility index (Phi) is 4.12. The third kappa shape index (κ3) is 2.50. The third-order valence-electron chi connectivity index (χ3n) is 3.52. The second-order valence-electron chi connectivity index (χ2n) is 4.56. The lowest BCUT2D eigenvalue weighted by atomic mass is 9.89. The Hall–Kier alpha value is -0.590. The van der Waals surface area contributed by atoms with Crippen molar-refractivity contribution in [1.29, 1.82) is 5.26 Å². The van der Waals surface area contributed by atoms with E-state index in [1.165, 1.54) is 0 Å². The maximum absolute atomic E-state index is 9.42. The van der Waals surface area contributed by atoms with Gasteiger partial charge in [-0.05, 0) is 39.5 Å².